The van der Waals surface area contributed by atoms with E-state index in [4.69, 9.17) is 5.11 Å². The van der Waals surface area contributed by atoms with E-state index in [1.165, 1.54) is 6.20 Å². The van der Waals surface area contributed by atoms with Crippen LogP contribution in [0, 0.1) is 13.8 Å². The van der Waals surface area contributed by atoms with Gasteiger partial charge in [-0.2, -0.15) is 15.4 Å². The average molecular weight is 219 g/mol. The standard InChI is InChI=1S/C9H9N5O2/c1-4-7(9(15)16)5(2)12-8(11-4)6-3-10-14-13-6/h3H,1-2H3,(H,15,16)(H,10,13,14). The van der Waals surface area contributed by atoms with Crippen LogP contribution in [0.15, 0.2) is 6.20 Å². The molecule has 16 heavy (non-hydrogen) atoms. The van der Waals surface area contributed by atoms with Gasteiger partial charge in [0.1, 0.15) is 11.3 Å². The molecule has 0 saturated carbocycles. The molecule has 2 N–H and O–H groups in total. The molecule has 2 rings (SSSR count). The van der Waals surface area contributed by atoms with E-state index in [0.29, 0.717) is 22.9 Å². The molecular formula is C9H9N5O2. The molecule has 0 spiro atoms. The van der Waals surface area contributed by atoms with E-state index in [-0.39, 0.29) is 5.56 Å². The number of nitrogens with one attached hydrogen (secondary N) is 1. The molecule has 2 aromatic rings. The summed E-state index contributed by atoms with van der Waals surface area (Å²) in [5.74, 6) is -0.657. The summed E-state index contributed by atoms with van der Waals surface area (Å²) in [6.07, 6.45) is 1.48. The van der Waals surface area contributed by atoms with E-state index in [0.717, 1.165) is 0 Å². The van der Waals surface area contributed by atoms with E-state index in [9.17, 15) is 4.79 Å². The molecule has 0 atom stereocenters. The van der Waals surface area contributed by atoms with E-state index >= 15 is 0 Å². The molecule has 0 fully saturated rings. The molecule has 0 aliphatic rings. The van der Waals surface area contributed by atoms with Crippen LogP contribution in [0.2, 0.25) is 0 Å². The van der Waals surface area contributed by atoms with Crippen molar-refractivity contribution in [3.05, 3.63) is 23.1 Å². The molecule has 0 saturated heterocycles. The molecule has 82 valence electrons. The van der Waals surface area contributed by atoms with Crippen molar-refractivity contribution in [1.82, 2.24) is 25.4 Å². The summed E-state index contributed by atoms with van der Waals surface area (Å²) in [7, 11) is 0. The van der Waals surface area contributed by atoms with Gasteiger partial charge in [-0.05, 0) is 13.8 Å². The summed E-state index contributed by atoms with van der Waals surface area (Å²) in [6.45, 7) is 3.25. The van der Waals surface area contributed by atoms with Gasteiger partial charge in [0.25, 0.3) is 0 Å². The van der Waals surface area contributed by atoms with E-state index in [1.54, 1.807) is 13.8 Å². The number of aryl methyl sites for hydroxylation is 2. The number of aromatic amines is 1. The number of aromatic carboxylic acids is 1. The minimum absolute atomic E-state index is 0.132. The van der Waals surface area contributed by atoms with Crippen LogP contribution in [-0.2, 0) is 0 Å². The predicted octanol–water partition coefficient (Wildman–Crippen LogP) is 0.577. The van der Waals surface area contributed by atoms with Crippen molar-refractivity contribution in [1.29, 1.82) is 0 Å². The molecule has 2 aromatic heterocycles. The zero-order chi connectivity index (χ0) is 11.7. The lowest BCUT2D eigenvalue weighted by molar-refractivity contribution is 0.0694. The number of hydrogen-bond donors (Lipinski definition) is 2. The fourth-order valence-electron chi connectivity index (χ4n) is 1.45. The van der Waals surface area contributed by atoms with Gasteiger partial charge < -0.3 is 5.11 Å². The maximum atomic E-state index is 10.9. The first-order chi connectivity index (χ1) is 7.59. The van der Waals surface area contributed by atoms with Crippen molar-refractivity contribution >= 4 is 5.97 Å². The zero-order valence-electron chi connectivity index (χ0n) is 8.72. The highest BCUT2D eigenvalue weighted by atomic mass is 16.4. The lowest BCUT2D eigenvalue weighted by atomic mass is 10.1. The van der Waals surface area contributed by atoms with Gasteiger partial charge in [-0.1, -0.05) is 0 Å². The monoisotopic (exact) mass is 219 g/mol. The van der Waals surface area contributed by atoms with Crippen LogP contribution >= 0.6 is 0 Å². The van der Waals surface area contributed by atoms with Crippen molar-refractivity contribution in [3.8, 4) is 11.5 Å². The van der Waals surface area contributed by atoms with Crippen molar-refractivity contribution < 1.29 is 9.90 Å². The average Bonchev–Trinajstić information content (AvgIpc) is 2.67. The molecule has 0 unspecified atom stereocenters. The second-order valence-corrected chi connectivity index (χ2v) is 3.25. The Morgan fingerprint density at radius 3 is 2.38 bits per heavy atom. The maximum absolute atomic E-state index is 10.9. The molecule has 7 nitrogen and oxygen atoms in total. The summed E-state index contributed by atoms with van der Waals surface area (Å²) in [5, 5.41) is 18.9. The Hall–Kier alpha value is -2.31. The first kappa shape index (κ1) is 10.2. The molecule has 2 heterocycles. The minimum atomic E-state index is -1.03. The third-order valence-corrected chi connectivity index (χ3v) is 2.13. The Balaban J connectivity index is 2.58. The van der Waals surface area contributed by atoms with Gasteiger partial charge in [0.2, 0.25) is 0 Å². The van der Waals surface area contributed by atoms with Crippen molar-refractivity contribution in [2.24, 2.45) is 0 Å². The minimum Gasteiger partial charge on any atom is -0.478 e. The van der Waals surface area contributed by atoms with Crippen LogP contribution in [-0.4, -0.2) is 36.5 Å². The summed E-state index contributed by atoms with van der Waals surface area (Å²) in [5.41, 5.74) is 1.45. The third-order valence-electron chi connectivity index (χ3n) is 2.13. The molecule has 0 aliphatic heterocycles. The number of nitrogens with zero attached hydrogens (tertiary/aromatic N) is 4. The van der Waals surface area contributed by atoms with Gasteiger partial charge in [0.05, 0.1) is 17.6 Å². The quantitative estimate of drug-likeness (QED) is 0.765. The first-order valence-corrected chi connectivity index (χ1v) is 4.54. The van der Waals surface area contributed by atoms with Crippen molar-refractivity contribution in [2.75, 3.05) is 0 Å². The number of H-pyrrole nitrogens is 1. The highest BCUT2D eigenvalue weighted by Crippen LogP contribution is 2.15. The number of carbonyl (C=O) groups is 1. The summed E-state index contributed by atoms with van der Waals surface area (Å²) in [6, 6.07) is 0. The molecule has 0 bridgehead atoms. The molecule has 0 aromatic carbocycles. The van der Waals surface area contributed by atoms with Crippen LogP contribution in [0.5, 0.6) is 0 Å². The summed E-state index contributed by atoms with van der Waals surface area (Å²) >= 11 is 0. The van der Waals surface area contributed by atoms with E-state index in [2.05, 4.69) is 25.4 Å². The number of rotatable bonds is 2. The van der Waals surface area contributed by atoms with Crippen LogP contribution in [0.4, 0.5) is 0 Å². The first-order valence-electron chi connectivity index (χ1n) is 4.54. The van der Waals surface area contributed by atoms with Gasteiger partial charge in [-0.25, -0.2) is 14.8 Å². The third kappa shape index (κ3) is 1.62. The molecular weight excluding hydrogens is 210 g/mol. The Kier molecular flexibility index (Phi) is 2.35. The molecule has 7 heteroatoms. The van der Waals surface area contributed by atoms with Gasteiger partial charge in [-0.15, -0.1) is 0 Å². The van der Waals surface area contributed by atoms with Gasteiger partial charge >= 0.3 is 5.97 Å². The SMILES string of the molecule is Cc1nc(-c2cn[nH]n2)nc(C)c1C(=O)O. The van der Waals surface area contributed by atoms with Gasteiger partial charge in [0, 0.05) is 0 Å². The number of hydrogen-bond acceptors (Lipinski definition) is 5. The Labute approximate surface area is 90.6 Å². The van der Waals surface area contributed by atoms with Crippen LogP contribution in [0.1, 0.15) is 21.7 Å². The fourth-order valence-corrected chi connectivity index (χ4v) is 1.45. The largest absolute Gasteiger partial charge is 0.478 e. The maximum Gasteiger partial charge on any atom is 0.339 e. The van der Waals surface area contributed by atoms with E-state index in [1.807, 2.05) is 0 Å². The van der Waals surface area contributed by atoms with Crippen molar-refractivity contribution in [2.45, 2.75) is 13.8 Å². The number of carboxylic acid groups (broad SMARTS) is 1. The molecule has 0 aliphatic carbocycles. The zero-order valence-corrected chi connectivity index (χ0v) is 8.72. The summed E-state index contributed by atoms with van der Waals surface area (Å²) in [4.78, 5) is 19.1. The predicted molar refractivity (Wildman–Crippen MR) is 53.8 cm³/mol. The second-order valence-electron chi connectivity index (χ2n) is 3.25. The van der Waals surface area contributed by atoms with Gasteiger partial charge in [0.15, 0.2) is 5.82 Å². The Morgan fingerprint density at radius 1 is 1.31 bits per heavy atom. The van der Waals surface area contributed by atoms with Crippen LogP contribution < -0.4 is 0 Å². The Morgan fingerprint density at radius 2 is 1.94 bits per heavy atom. The number of aromatic nitrogens is 5. The topological polar surface area (TPSA) is 105 Å². The summed E-state index contributed by atoms with van der Waals surface area (Å²) < 4.78 is 0. The highest BCUT2D eigenvalue weighted by Gasteiger charge is 2.16. The Bertz CT molecular complexity index is 512. The van der Waals surface area contributed by atoms with Crippen LogP contribution in [0.3, 0.4) is 0 Å². The van der Waals surface area contributed by atoms with Crippen molar-refractivity contribution in [3.63, 3.8) is 0 Å². The van der Waals surface area contributed by atoms with E-state index < -0.39 is 5.97 Å². The fraction of sp³-hybridized carbons (Fsp3) is 0.222. The molecule has 0 amide bonds. The lowest BCUT2D eigenvalue weighted by Gasteiger charge is -2.05. The second kappa shape index (κ2) is 3.69. The highest BCUT2D eigenvalue weighted by molar-refractivity contribution is 5.90. The normalized spacial score (nSPS) is 10.4. The smallest absolute Gasteiger partial charge is 0.339 e. The molecule has 0 radical (unpaired) electrons. The lowest BCUT2D eigenvalue weighted by Crippen LogP contribution is -2.08. The van der Waals surface area contributed by atoms with Gasteiger partial charge in [-0.3, -0.25) is 0 Å². The number of carboxylic acids is 1. The van der Waals surface area contributed by atoms with Crippen LogP contribution in [0.25, 0.3) is 11.5 Å².